The van der Waals surface area contributed by atoms with Gasteiger partial charge in [0.15, 0.2) is 0 Å². The van der Waals surface area contributed by atoms with Crippen molar-refractivity contribution < 1.29 is 5.11 Å². The summed E-state index contributed by atoms with van der Waals surface area (Å²) in [6.45, 7) is 11.1. The van der Waals surface area contributed by atoms with Crippen LogP contribution >= 0.6 is 0 Å². The molecule has 156 valence electrons. The number of phenolic OH excluding ortho intramolecular Hbond substituents is 1. The third kappa shape index (κ3) is 9.17. The molecule has 0 atom stereocenters. The number of phenols is 1. The van der Waals surface area contributed by atoms with E-state index in [1.54, 1.807) is 0 Å². The molecular formula is C26H46O. The molecule has 1 N–H and O–H groups in total. The van der Waals surface area contributed by atoms with Gasteiger partial charge < -0.3 is 5.11 Å². The predicted octanol–water partition coefficient (Wildman–Crippen LogP) is 8.50. The zero-order valence-electron chi connectivity index (χ0n) is 19.0. The Bertz CT molecular complexity index is 510. The van der Waals surface area contributed by atoms with Crippen LogP contribution in [-0.2, 0) is 18.3 Å². The fourth-order valence-electron chi connectivity index (χ4n) is 3.97. The van der Waals surface area contributed by atoms with Gasteiger partial charge >= 0.3 is 0 Å². The van der Waals surface area contributed by atoms with Gasteiger partial charge in [-0.15, -0.1) is 0 Å². The third-order valence-corrected chi connectivity index (χ3v) is 5.77. The highest BCUT2D eigenvalue weighted by atomic mass is 16.3. The first-order valence-electron chi connectivity index (χ1n) is 11.8. The molecule has 0 radical (unpaired) electrons. The summed E-state index contributed by atoms with van der Waals surface area (Å²) in [4.78, 5) is 0. The van der Waals surface area contributed by atoms with E-state index in [1.165, 1.54) is 88.2 Å². The van der Waals surface area contributed by atoms with Crippen LogP contribution in [0.5, 0.6) is 5.75 Å². The standard InChI is InChI=1S/C26H46O/c1-6-8-10-12-14-16-18-22-20-21-24(26(3,4)5)25(27)23(22)19-17-15-13-11-9-7-2/h20-21,27H,6-19H2,1-5H3. The van der Waals surface area contributed by atoms with E-state index in [2.05, 4.69) is 46.8 Å². The normalized spacial score (nSPS) is 11.9. The van der Waals surface area contributed by atoms with Crippen molar-refractivity contribution in [3.8, 4) is 5.75 Å². The molecule has 0 aliphatic carbocycles. The third-order valence-electron chi connectivity index (χ3n) is 5.77. The average molecular weight is 375 g/mol. The molecule has 1 aromatic carbocycles. The highest BCUT2D eigenvalue weighted by Crippen LogP contribution is 2.36. The summed E-state index contributed by atoms with van der Waals surface area (Å²) in [7, 11) is 0. The Hall–Kier alpha value is -0.980. The van der Waals surface area contributed by atoms with Gasteiger partial charge in [-0.2, -0.15) is 0 Å². The first-order valence-corrected chi connectivity index (χ1v) is 11.8. The van der Waals surface area contributed by atoms with Crippen molar-refractivity contribution in [2.75, 3.05) is 0 Å². The van der Waals surface area contributed by atoms with Crippen molar-refractivity contribution in [3.63, 3.8) is 0 Å². The summed E-state index contributed by atoms with van der Waals surface area (Å²) in [6.07, 6.45) is 18.0. The molecular weight excluding hydrogens is 328 g/mol. The summed E-state index contributed by atoms with van der Waals surface area (Å²) in [5.74, 6) is 0.583. The molecule has 1 nitrogen and oxygen atoms in total. The highest BCUT2D eigenvalue weighted by Gasteiger charge is 2.21. The van der Waals surface area contributed by atoms with E-state index < -0.39 is 0 Å². The second-order valence-corrected chi connectivity index (χ2v) is 9.38. The van der Waals surface area contributed by atoms with E-state index in [-0.39, 0.29) is 5.41 Å². The van der Waals surface area contributed by atoms with Crippen LogP contribution in [0.3, 0.4) is 0 Å². The van der Waals surface area contributed by atoms with Gasteiger partial charge in [-0.25, -0.2) is 0 Å². The smallest absolute Gasteiger partial charge is 0.122 e. The first kappa shape index (κ1) is 24.1. The maximum atomic E-state index is 11.0. The van der Waals surface area contributed by atoms with E-state index in [9.17, 15) is 5.11 Å². The Morgan fingerprint density at radius 3 is 1.67 bits per heavy atom. The lowest BCUT2D eigenvalue weighted by molar-refractivity contribution is 0.437. The molecule has 0 bridgehead atoms. The molecule has 1 rings (SSSR count). The molecule has 0 saturated carbocycles. The van der Waals surface area contributed by atoms with Crippen molar-refractivity contribution in [2.45, 2.75) is 130 Å². The van der Waals surface area contributed by atoms with Crippen LogP contribution in [0.2, 0.25) is 0 Å². The van der Waals surface area contributed by atoms with Gasteiger partial charge in [-0.05, 0) is 47.8 Å². The van der Waals surface area contributed by atoms with Gasteiger partial charge in [-0.1, -0.05) is 111 Å². The maximum absolute atomic E-state index is 11.0. The molecule has 1 heteroatoms. The quantitative estimate of drug-likeness (QED) is 0.324. The molecule has 0 aromatic heterocycles. The van der Waals surface area contributed by atoms with Crippen LogP contribution in [0.25, 0.3) is 0 Å². The largest absolute Gasteiger partial charge is 0.507 e. The molecule has 0 fully saturated rings. The first-order chi connectivity index (χ1) is 12.9. The van der Waals surface area contributed by atoms with Crippen LogP contribution in [0, 0.1) is 0 Å². The van der Waals surface area contributed by atoms with E-state index in [0.29, 0.717) is 5.75 Å². The molecule has 0 saturated heterocycles. The van der Waals surface area contributed by atoms with Crippen molar-refractivity contribution in [3.05, 3.63) is 28.8 Å². The summed E-state index contributed by atoms with van der Waals surface area (Å²) in [6, 6.07) is 4.48. The molecule has 0 spiro atoms. The van der Waals surface area contributed by atoms with Gasteiger partial charge in [0.25, 0.3) is 0 Å². The van der Waals surface area contributed by atoms with Gasteiger partial charge in [0.2, 0.25) is 0 Å². The van der Waals surface area contributed by atoms with Gasteiger partial charge in [0, 0.05) is 0 Å². The SMILES string of the molecule is CCCCCCCCc1ccc(C(C)(C)C)c(O)c1CCCCCCCC. The predicted molar refractivity (Wildman–Crippen MR) is 121 cm³/mol. The zero-order chi connectivity index (χ0) is 20.1. The minimum atomic E-state index is -0.00135. The van der Waals surface area contributed by atoms with Crippen molar-refractivity contribution in [1.29, 1.82) is 0 Å². The number of hydrogen-bond donors (Lipinski definition) is 1. The van der Waals surface area contributed by atoms with E-state index in [1.807, 2.05) is 0 Å². The molecule has 0 amide bonds. The van der Waals surface area contributed by atoms with Crippen molar-refractivity contribution >= 4 is 0 Å². The van der Waals surface area contributed by atoms with Gasteiger partial charge in [0.05, 0.1) is 0 Å². The fourth-order valence-corrected chi connectivity index (χ4v) is 3.97. The van der Waals surface area contributed by atoms with E-state index in [4.69, 9.17) is 0 Å². The minimum Gasteiger partial charge on any atom is -0.507 e. The van der Waals surface area contributed by atoms with Crippen LogP contribution in [0.15, 0.2) is 12.1 Å². The number of benzene rings is 1. The Morgan fingerprint density at radius 2 is 1.15 bits per heavy atom. The Kier molecular flexibility index (Phi) is 11.8. The summed E-state index contributed by atoms with van der Waals surface area (Å²) < 4.78 is 0. The lowest BCUT2D eigenvalue weighted by atomic mass is 9.82. The van der Waals surface area contributed by atoms with Gasteiger partial charge in [0.1, 0.15) is 5.75 Å². The molecule has 1 aromatic rings. The van der Waals surface area contributed by atoms with Crippen LogP contribution in [-0.4, -0.2) is 5.11 Å². The van der Waals surface area contributed by atoms with Gasteiger partial charge in [-0.3, -0.25) is 0 Å². The molecule has 27 heavy (non-hydrogen) atoms. The van der Waals surface area contributed by atoms with Crippen LogP contribution < -0.4 is 0 Å². The van der Waals surface area contributed by atoms with E-state index >= 15 is 0 Å². The maximum Gasteiger partial charge on any atom is 0.122 e. The molecule has 0 heterocycles. The summed E-state index contributed by atoms with van der Waals surface area (Å²) >= 11 is 0. The number of aryl methyl sites for hydroxylation is 1. The van der Waals surface area contributed by atoms with Crippen molar-refractivity contribution in [1.82, 2.24) is 0 Å². The zero-order valence-corrected chi connectivity index (χ0v) is 19.0. The Morgan fingerprint density at radius 1 is 0.667 bits per heavy atom. The molecule has 0 aliphatic heterocycles. The number of aromatic hydroxyl groups is 1. The monoisotopic (exact) mass is 374 g/mol. The van der Waals surface area contributed by atoms with Crippen LogP contribution in [0.4, 0.5) is 0 Å². The average Bonchev–Trinajstić information content (AvgIpc) is 2.61. The number of hydrogen-bond acceptors (Lipinski definition) is 1. The number of rotatable bonds is 14. The minimum absolute atomic E-state index is 0.00135. The lowest BCUT2D eigenvalue weighted by Crippen LogP contribution is -2.13. The Balaban J connectivity index is 2.71. The Labute approximate surface area is 170 Å². The van der Waals surface area contributed by atoms with Crippen LogP contribution in [0.1, 0.15) is 128 Å². The topological polar surface area (TPSA) is 20.2 Å². The molecule has 0 unspecified atom stereocenters. The van der Waals surface area contributed by atoms with Crippen molar-refractivity contribution in [2.24, 2.45) is 0 Å². The fraction of sp³-hybridized carbons (Fsp3) is 0.769. The molecule has 0 aliphatic rings. The second-order valence-electron chi connectivity index (χ2n) is 9.38. The highest BCUT2D eigenvalue weighted by molar-refractivity contribution is 5.48. The van der Waals surface area contributed by atoms with E-state index in [0.717, 1.165) is 18.4 Å². The second kappa shape index (κ2) is 13.2. The number of unbranched alkanes of at least 4 members (excludes halogenated alkanes) is 10. The lowest BCUT2D eigenvalue weighted by Gasteiger charge is -2.24. The summed E-state index contributed by atoms with van der Waals surface area (Å²) in [5, 5.41) is 11.0. The summed E-state index contributed by atoms with van der Waals surface area (Å²) in [5.41, 5.74) is 3.74.